The molecule has 1 heterocycles. The van der Waals surface area contributed by atoms with E-state index in [0.717, 1.165) is 60.5 Å². The van der Waals surface area contributed by atoms with Gasteiger partial charge >= 0.3 is 0 Å². The zero-order valence-corrected chi connectivity index (χ0v) is 14.6. The molecule has 0 unspecified atom stereocenters. The molecule has 1 aliphatic rings. The summed E-state index contributed by atoms with van der Waals surface area (Å²) in [5, 5.41) is 7.87. The summed E-state index contributed by atoms with van der Waals surface area (Å²) in [5.74, 6) is 0.835. The van der Waals surface area contributed by atoms with Crippen LogP contribution in [0.15, 0.2) is 24.3 Å². The predicted octanol–water partition coefficient (Wildman–Crippen LogP) is 3.29. The van der Waals surface area contributed by atoms with Gasteiger partial charge in [0.15, 0.2) is 0 Å². The van der Waals surface area contributed by atoms with Gasteiger partial charge < -0.3 is 10.1 Å². The summed E-state index contributed by atoms with van der Waals surface area (Å²) >= 11 is 0. The molecule has 0 saturated heterocycles. The molecule has 3 rings (SSSR count). The van der Waals surface area contributed by atoms with Crippen LogP contribution in [0.25, 0.3) is 5.69 Å². The van der Waals surface area contributed by atoms with Gasteiger partial charge in [0.05, 0.1) is 29.7 Å². The van der Waals surface area contributed by atoms with Crippen LogP contribution >= 0.6 is 0 Å². The molecule has 1 fully saturated rings. The lowest BCUT2D eigenvalue weighted by atomic mass is 10.1. The molecule has 5 nitrogen and oxygen atoms in total. The van der Waals surface area contributed by atoms with Crippen molar-refractivity contribution in [1.29, 1.82) is 0 Å². The molecular weight excluding hydrogens is 302 g/mol. The first-order chi connectivity index (χ1) is 11.7. The molecule has 0 atom stereocenters. The van der Waals surface area contributed by atoms with E-state index in [2.05, 4.69) is 19.2 Å². The minimum Gasteiger partial charge on any atom is -0.497 e. The van der Waals surface area contributed by atoms with Crippen LogP contribution in [-0.4, -0.2) is 28.8 Å². The molecule has 1 amide bonds. The van der Waals surface area contributed by atoms with Crippen molar-refractivity contribution in [2.45, 2.75) is 52.0 Å². The van der Waals surface area contributed by atoms with Gasteiger partial charge in [0.1, 0.15) is 5.75 Å². The summed E-state index contributed by atoms with van der Waals surface area (Å²) in [4.78, 5) is 12.7. The van der Waals surface area contributed by atoms with Gasteiger partial charge in [-0.05, 0) is 49.9 Å². The van der Waals surface area contributed by atoms with Gasteiger partial charge in [-0.25, -0.2) is 4.68 Å². The average molecular weight is 327 g/mol. The Kier molecular flexibility index (Phi) is 4.88. The summed E-state index contributed by atoms with van der Waals surface area (Å²) in [6.07, 6.45) is 4.71. The largest absolute Gasteiger partial charge is 0.497 e. The highest BCUT2D eigenvalue weighted by Gasteiger charge is 2.28. The van der Waals surface area contributed by atoms with Crippen molar-refractivity contribution < 1.29 is 9.53 Å². The molecule has 1 aromatic carbocycles. The Bertz CT molecular complexity index is 715. The van der Waals surface area contributed by atoms with Crippen molar-refractivity contribution in [2.75, 3.05) is 7.11 Å². The Hall–Kier alpha value is -2.30. The first-order valence-electron chi connectivity index (χ1n) is 8.74. The monoisotopic (exact) mass is 327 g/mol. The Morgan fingerprint density at radius 1 is 1.29 bits per heavy atom. The average Bonchev–Trinajstić information content (AvgIpc) is 3.33. The third kappa shape index (κ3) is 3.30. The molecule has 1 aromatic heterocycles. The maximum absolute atomic E-state index is 12.7. The number of ether oxygens (including phenoxy) is 1. The van der Waals surface area contributed by atoms with Crippen molar-refractivity contribution in [3.8, 4) is 11.4 Å². The molecule has 2 aromatic rings. The van der Waals surface area contributed by atoms with Crippen molar-refractivity contribution in [3.05, 3.63) is 41.2 Å². The van der Waals surface area contributed by atoms with Crippen LogP contribution in [0.1, 0.15) is 54.9 Å². The van der Waals surface area contributed by atoms with Crippen LogP contribution in [0.3, 0.4) is 0 Å². The first-order valence-corrected chi connectivity index (χ1v) is 8.74. The van der Waals surface area contributed by atoms with Gasteiger partial charge in [0.2, 0.25) is 0 Å². The quantitative estimate of drug-likeness (QED) is 0.849. The van der Waals surface area contributed by atoms with Crippen LogP contribution in [0.5, 0.6) is 5.75 Å². The topological polar surface area (TPSA) is 56.2 Å². The number of aryl methyl sites for hydroxylation is 1. The Labute approximate surface area is 143 Å². The number of carbonyl (C=O) groups excluding carboxylic acids is 1. The fourth-order valence-corrected chi connectivity index (χ4v) is 2.93. The number of rotatable bonds is 7. The molecule has 1 N–H and O–H groups in total. The van der Waals surface area contributed by atoms with Gasteiger partial charge in [-0.2, -0.15) is 5.10 Å². The van der Waals surface area contributed by atoms with Crippen molar-refractivity contribution >= 4 is 5.91 Å². The van der Waals surface area contributed by atoms with E-state index in [9.17, 15) is 4.79 Å². The predicted molar refractivity (Wildman–Crippen MR) is 94.0 cm³/mol. The third-order valence-electron chi connectivity index (χ3n) is 4.33. The molecule has 1 saturated carbocycles. The van der Waals surface area contributed by atoms with Crippen molar-refractivity contribution in [1.82, 2.24) is 15.1 Å². The fraction of sp³-hybridized carbons (Fsp3) is 0.474. The number of hydrogen-bond donors (Lipinski definition) is 1. The van der Waals surface area contributed by atoms with E-state index < -0.39 is 0 Å². The summed E-state index contributed by atoms with van der Waals surface area (Å²) in [5.41, 5.74) is 3.59. The number of hydrogen-bond acceptors (Lipinski definition) is 3. The fourth-order valence-electron chi connectivity index (χ4n) is 2.93. The zero-order valence-electron chi connectivity index (χ0n) is 14.6. The van der Waals surface area contributed by atoms with E-state index in [4.69, 9.17) is 9.84 Å². The number of nitrogens with zero attached hydrogens (tertiary/aromatic N) is 2. The molecule has 128 valence electrons. The SMILES string of the molecule is CCCc1nn(-c2ccc(OC)cc2)c(CC)c1C(=O)NC1CC1. The van der Waals surface area contributed by atoms with Gasteiger partial charge in [0, 0.05) is 6.04 Å². The molecule has 5 heteroatoms. The molecule has 0 spiro atoms. The Balaban J connectivity index is 2.02. The smallest absolute Gasteiger partial charge is 0.255 e. The highest BCUT2D eigenvalue weighted by molar-refractivity contribution is 5.97. The second-order valence-electron chi connectivity index (χ2n) is 6.23. The van der Waals surface area contributed by atoms with E-state index in [-0.39, 0.29) is 5.91 Å². The molecule has 1 aliphatic carbocycles. The molecule has 0 bridgehead atoms. The Morgan fingerprint density at radius 2 is 2.00 bits per heavy atom. The first kappa shape index (κ1) is 16.6. The van der Waals surface area contributed by atoms with Crippen LogP contribution < -0.4 is 10.1 Å². The summed E-state index contributed by atoms with van der Waals surface area (Å²) < 4.78 is 7.13. The second-order valence-corrected chi connectivity index (χ2v) is 6.23. The van der Waals surface area contributed by atoms with Crippen LogP contribution in [0.2, 0.25) is 0 Å². The molecule has 0 radical (unpaired) electrons. The number of carbonyl (C=O) groups is 1. The lowest BCUT2D eigenvalue weighted by Gasteiger charge is -2.09. The van der Waals surface area contributed by atoms with E-state index >= 15 is 0 Å². The number of benzene rings is 1. The summed E-state index contributed by atoms with van der Waals surface area (Å²) in [7, 11) is 1.65. The van der Waals surface area contributed by atoms with E-state index in [1.54, 1.807) is 7.11 Å². The van der Waals surface area contributed by atoms with Gasteiger partial charge in [0.25, 0.3) is 5.91 Å². The van der Waals surface area contributed by atoms with Crippen LogP contribution in [0, 0.1) is 0 Å². The minimum absolute atomic E-state index is 0.0255. The summed E-state index contributed by atoms with van der Waals surface area (Å²) in [6.45, 7) is 4.18. The lowest BCUT2D eigenvalue weighted by Crippen LogP contribution is -2.27. The molecular formula is C19H25N3O2. The van der Waals surface area contributed by atoms with Crippen LogP contribution in [0.4, 0.5) is 0 Å². The normalized spacial score (nSPS) is 13.8. The van der Waals surface area contributed by atoms with E-state index in [0.29, 0.717) is 6.04 Å². The molecule has 24 heavy (non-hydrogen) atoms. The van der Waals surface area contributed by atoms with Crippen molar-refractivity contribution in [2.24, 2.45) is 0 Å². The minimum atomic E-state index is 0.0255. The number of amides is 1. The highest BCUT2D eigenvalue weighted by atomic mass is 16.5. The van der Waals surface area contributed by atoms with Gasteiger partial charge in [-0.15, -0.1) is 0 Å². The van der Waals surface area contributed by atoms with E-state index in [1.807, 2.05) is 28.9 Å². The van der Waals surface area contributed by atoms with Crippen molar-refractivity contribution in [3.63, 3.8) is 0 Å². The number of aromatic nitrogens is 2. The van der Waals surface area contributed by atoms with Gasteiger partial charge in [-0.3, -0.25) is 4.79 Å². The maximum Gasteiger partial charge on any atom is 0.255 e. The van der Waals surface area contributed by atoms with Crippen LogP contribution in [-0.2, 0) is 12.8 Å². The highest BCUT2D eigenvalue weighted by Crippen LogP contribution is 2.25. The maximum atomic E-state index is 12.7. The lowest BCUT2D eigenvalue weighted by molar-refractivity contribution is 0.0949. The molecule has 0 aliphatic heterocycles. The third-order valence-corrected chi connectivity index (χ3v) is 4.33. The Morgan fingerprint density at radius 3 is 2.54 bits per heavy atom. The standard InChI is InChI=1S/C19H25N3O2/c1-4-6-16-18(19(23)20-13-7-8-13)17(5-2)22(21-16)14-9-11-15(24-3)12-10-14/h9-13H,4-8H2,1-3H3,(H,20,23). The second kappa shape index (κ2) is 7.07. The number of nitrogens with one attached hydrogen (secondary N) is 1. The number of methoxy groups -OCH3 is 1. The summed E-state index contributed by atoms with van der Waals surface area (Å²) in [6, 6.07) is 8.13. The zero-order chi connectivity index (χ0) is 17.1. The van der Waals surface area contributed by atoms with E-state index in [1.165, 1.54) is 0 Å². The van der Waals surface area contributed by atoms with Gasteiger partial charge in [-0.1, -0.05) is 20.3 Å².